The van der Waals surface area contributed by atoms with E-state index in [-0.39, 0.29) is 28.8 Å². The van der Waals surface area contributed by atoms with Crippen LogP contribution in [0.1, 0.15) is 48.8 Å². The first kappa shape index (κ1) is 62.8. The van der Waals surface area contributed by atoms with Gasteiger partial charge < -0.3 is 44.0 Å². The van der Waals surface area contributed by atoms with Gasteiger partial charge in [0, 0.05) is 116 Å². The highest BCUT2D eigenvalue weighted by atomic mass is 32.2. The van der Waals surface area contributed by atoms with Gasteiger partial charge >= 0.3 is 0 Å². The van der Waals surface area contributed by atoms with Crippen LogP contribution in [0.5, 0.6) is 46.0 Å². The number of Topliss-reactive ketones (excluding diaryl/α,β-unsaturated/α-hetero) is 1. The minimum Gasteiger partial charge on any atom is -0.493 e. The van der Waals surface area contributed by atoms with Crippen LogP contribution in [-0.2, 0) is 28.9 Å². The van der Waals surface area contributed by atoms with Crippen molar-refractivity contribution in [1.82, 2.24) is 19.8 Å². The number of nitrogens with two attached hydrogens (primary N) is 1. The highest BCUT2D eigenvalue weighted by Gasteiger charge is 2.41. The Morgan fingerprint density at radius 2 is 1.05 bits per heavy atom. The number of benzene rings is 6. The number of carbonyl (C=O) groups is 2. The minimum absolute atomic E-state index is 0.0454. The number of carbonyl (C=O) groups excluding carboxylic acids is 2. The number of thioether (sulfide) groups is 1. The molecule has 2 aliphatic carbocycles. The zero-order chi connectivity index (χ0) is 61.7. The molecule has 0 radical (unpaired) electrons. The normalized spacial score (nSPS) is 19.3. The average molecular weight is 1230 g/mol. The highest BCUT2D eigenvalue weighted by Crippen LogP contribution is 2.45. The molecule has 12 rings (SSSR count). The Bertz CT molecular complexity index is 3770. The Morgan fingerprint density at radius 3 is 1.50 bits per heavy atom. The molecule has 0 bridgehead atoms. The number of fused-ring (bicyclic) bond motifs is 4. The molecule has 4 heterocycles. The van der Waals surface area contributed by atoms with Gasteiger partial charge in [0.1, 0.15) is 22.7 Å². The number of thiocarbonyl (C=S) groups is 1. The van der Waals surface area contributed by atoms with Crippen LogP contribution in [0.25, 0.3) is 21.8 Å². The maximum Gasteiger partial charge on any atom is 0.207 e. The van der Waals surface area contributed by atoms with Gasteiger partial charge in [0.25, 0.3) is 0 Å². The molecule has 4 aliphatic rings. The van der Waals surface area contributed by atoms with Crippen LogP contribution in [0, 0.1) is 57.8 Å². The molecule has 8 aromatic rings. The third kappa shape index (κ3) is 16.5. The smallest absolute Gasteiger partial charge is 0.207 e. The van der Waals surface area contributed by atoms with E-state index in [0.29, 0.717) is 128 Å². The largest absolute Gasteiger partial charge is 0.493 e. The number of hydrogen-bond acceptors (Lipinski definition) is 16. The van der Waals surface area contributed by atoms with Crippen molar-refractivity contribution in [3.63, 3.8) is 0 Å². The van der Waals surface area contributed by atoms with Crippen LogP contribution in [0.2, 0.25) is 0 Å². The predicted octanol–water partition coefficient (Wildman–Crippen LogP) is 13.9. The second kappa shape index (κ2) is 29.7. The lowest BCUT2D eigenvalue weighted by atomic mass is 10.0. The zero-order valence-corrected chi connectivity index (χ0v) is 51.5. The first-order chi connectivity index (χ1) is 42.7. The number of halogens is 2. The summed E-state index contributed by atoms with van der Waals surface area (Å²) in [6.45, 7) is 6.08. The summed E-state index contributed by atoms with van der Waals surface area (Å²) in [4.78, 5) is 37.8. The fraction of sp³-hybridized carbons (Fsp3) is 0.343. The quantitative estimate of drug-likeness (QED) is 0.0434. The van der Waals surface area contributed by atoms with Crippen LogP contribution in [0.4, 0.5) is 14.5 Å². The zero-order valence-electron chi connectivity index (χ0n) is 49.9. The number of anilines is 1. The fourth-order valence-electron chi connectivity index (χ4n) is 12.8. The molecule has 4 unspecified atom stereocenters. The van der Waals surface area contributed by atoms with E-state index in [4.69, 9.17) is 51.6 Å². The topological polar surface area (TPSA) is 172 Å². The van der Waals surface area contributed by atoms with E-state index in [1.807, 2.05) is 84.9 Å². The van der Waals surface area contributed by atoms with Gasteiger partial charge in [-0.15, -0.1) is 0 Å². The van der Waals surface area contributed by atoms with Crippen molar-refractivity contribution in [2.45, 2.75) is 51.4 Å². The fourth-order valence-corrected chi connectivity index (χ4v) is 13.5. The Hall–Kier alpha value is -8.21. The van der Waals surface area contributed by atoms with Gasteiger partial charge in [-0.05, 0) is 141 Å². The monoisotopic (exact) mass is 1230 g/mol. The number of ether oxygens (including phenoxy) is 6. The molecule has 4 fully saturated rings. The van der Waals surface area contributed by atoms with E-state index in [1.54, 1.807) is 62.3 Å². The molecule has 18 heteroatoms. The maximum atomic E-state index is 15.2. The van der Waals surface area contributed by atoms with Crippen LogP contribution in [0.15, 0.2) is 146 Å². The van der Waals surface area contributed by atoms with Gasteiger partial charge in [-0.1, -0.05) is 78.9 Å². The average Bonchev–Trinajstić information content (AvgIpc) is 1.77. The lowest BCUT2D eigenvalue weighted by molar-refractivity contribution is -0.117. The molecule has 4 atom stereocenters. The lowest BCUT2D eigenvalue weighted by Crippen LogP contribution is -2.18. The van der Waals surface area contributed by atoms with Gasteiger partial charge in [0.2, 0.25) is 5.12 Å². The number of pyridine rings is 2. The van der Waals surface area contributed by atoms with Gasteiger partial charge in [0.15, 0.2) is 46.1 Å². The van der Waals surface area contributed by atoms with Gasteiger partial charge in [-0.2, -0.15) is 5.26 Å². The van der Waals surface area contributed by atoms with E-state index in [1.165, 1.54) is 70.1 Å². The summed E-state index contributed by atoms with van der Waals surface area (Å²) in [5.74, 6) is 6.88. The van der Waals surface area contributed by atoms with Crippen LogP contribution < -0.4 is 34.2 Å². The molecular formula is C70H72F2N6O8S2. The summed E-state index contributed by atoms with van der Waals surface area (Å²) in [6.07, 6.45) is 9.29. The van der Waals surface area contributed by atoms with E-state index >= 15 is 4.39 Å². The number of nitriles is 1. The molecule has 88 heavy (non-hydrogen) atoms. The van der Waals surface area contributed by atoms with Crippen molar-refractivity contribution in [3.05, 3.63) is 174 Å². The summed E-state index contributed by atoms with van der Waals surface area (Å²) in [7, 11) is 7.63. The maximum absolute atomic E-state index is 15.2. The summed E-state index contributed by atoms with van der Waals surface area (Å²) in [5.41, 5.74) is 9.94. The number of rotatable bonds is 20. The number of hydrogen-bond donors (Lipinski definition) is 1. The minimum atomic E-state index is -0.519. The van der Waals surface area contributed by atoms with Crippen molar-refractivity contribution < 1.29 is 46.8 Å². The van der Waals surface area contributed by atoms with Gasteiger partial charge in [-0.25, -0.2) is 8.78 Å². The molecule has 2 N–H and O–H groups in total. The highest BCUT2D eigenvalue weighted by molar-refractivity contribution is 8.17. The van der Waals surface area contributed by atoms with E-state index in [2.05, 4.69) is 33.9 Å². The molecule has 2 aliphatic heterocycles. The van der Waals surface area contributed by atoms with Crippen molar-refractivity contribution in [2.75, 3.05) is 73.4 Å². The number of nitrogen functional groups attached to an aromatic ring is 1. The van der Waals surface area contributed by atoms with Crippen molar-refractivity contribution >= 4 is 67.2 Å². The Balaban J connectivity index is 0.000000169. The summed E-state index contributed by atoms with van der Waals surface area (Å²) >= 11 is 6.16. The number of methoxy groups -OCH3 is 2. The Labute approximate surface area is 522 Å². The SMILES string of the molecule is COc1cc2c(Oc3ccc(CC(=S)CC(=O)Cc4ccccc4)cc3F)ccnc2cc1OCC1CC2CN(C)CC2C1.COc1cc2c(Oc3ccc(N)cc3F)ccnc2cc1OCC1CC2CN(C)CC2C1.N#CSC(=O)Cc1ccccc1. The van der Waals surface area contributed by atoms with Crippen LogP contribution in [-0.4, -0.2) is 103 Å². The molecule has 0 amide bonds. The van der Waals surface area contributed by atoms with Crippen molar-refractivity contribution in [2.24, 2.45) is 35.5 Å². The lowest BCUT2D eigenvalue weighted by Gasteiger charge is -2.18. The molecule has 2 saturated heterocycles. The molecule has 2 aromatic heterocycles. The van der Waals surface area contributed by atoms with Crippen LogP contribution in [0.3, 0.4) is 0 Å². The number of thiocyanates is 1. The number of nitrogens with zero attached hydrogens (tertiary/aromatic N) is 5. The van der Waals surface area contributed by atoms with E-state index in [9.17, 15) is 14.0 Å². The third-order valence-electron chi connectivity index (χ3n) is 16.8. The number of aromatic nitrogens is 2. The molecule has 0 spiro atoms. The first-order valence-corrected chi connectivity index (χ1v) is 30.8. The molecule has 6 aromatic carbocycles. The summed E-state index contributed by atoms with van der Waals surface area (Å²) < 4.78 is 65.1. The Kier molecular flexibility index (Phi) is 21.2. The van der Waals surface area contributed by atoms with Gasteiger partial charge in [-0.3, -0.25) is 19.6 Å². The van der Waals surface area contributed by atoms with Crippen molar-refractivity contribution in [3.8, 4) is 51.4 Å². The standard InChI is InChI=1S/C36H37FN2O4S.C25H28FN3O3.C9H7NOS/c1-39-20-26-12-25(13-27(26)21-39)22-42-36-19-32-30(18-35(36)41-2)33(10-11-38-32)43-34-9-8-24(16-31(34)37)15-29(44)17-28(40)14-23-6-4-3-5-7-23;1-29-12-16-7-15(8-17(16)13-29)14-31-25-11-21-19(10-24(25)30-2)22(5-6-28-21)32-23-4-3-18(27)9-20(23)26;10-7-12-9(11)6-8-4-2-1-3-5-8/h3-11,16,18-19,25-27H,12-15,17,20-22H2,1-2H3;3-6,9-11,15-17H,7-8,12-14,27H2,1-2H3;1-5H,6H2. The van der Waals surface area contributed by atoms with Crippen molar-refractivity contribution in [1.29, 1.82) is 5.26 Å². The summed E-state index contributed by atoms with van der Waals surface area (Å²) in [5, 5.41) is 11.3. The van der Waals surface area contributed by atoms with Crippen LogP contribution >= 0.6 is 24.0 Å². The first-order valence-electron chi connectivity index (χ1n) is 29.6. The number of ketones is 1. The third-order valence-corrected chi connectivity index (χ3v) is 17.5. The summed E-state index contributed by atoms with van der Waals surface area (Å²) in [6, 6.07) is 38.9. The van der Waals surface area contributed by atoms with E-state index < -0.39 is 11.6 Å². The second-order valence-corrected chi connectivity index (χ2v) is 24.8. The molecule has 456 valence electrons. The second-order valence-electron chi connectivity index (χ2n) is 23.4. The predicted molar refractivity (Wildman–Crippen MR) is 344 cm³/mol. The molecular weight excluding hydrogens is 1150 g/mol. The molecule has 2 saturated carbocycles. The number of likely N-dealkylation sites (tertiary alicyclic amines) is 2. The van der Waals surface area contributed by atoms with E-state index in [0.717, 1.165) is 34.8 Å². The van der Waals surface area contributed by atoms with Gasteiger partial charge in [0.05, 0.1) is 38.5 Å². The molecule has 14 nitrogen and oxygen atoms in total. The Morgan fingerprint density at radius 1 is 0.580 bits per heavy atom.